The van der Waals surface area contributed by atoms with Gasteiger partial charge in [-0.25, -0.2) is 0 Å². The number of fused-ring (bicyclic) bond motifs is 1. The van der Waals surface area contributed by atoms with Gasteiger partial charge in [-0.1, -0.05) is 6.92 Å². The second-order valence-electron chi connectivity index (χ2n) is 6.29. The highest BCUT2D eigenvalue weighted by Crippen LogP contribution is 2.33. The Morgan fingerprint density at radius 3 is 3.00 bits per heavy atom. The summed E-state index contributed by atoms with van der Waals surface area (Å²) in [6, 6.07) is 2.63. The molecule has 0 aromatic carbocycles. The summed E-state index contributed by atoms with van der Waals surface area (Å²) in [5, 5.41) is 3.30. The molecule has 118 valence electrons. The number of amides is 1. The lowest BCUT2D eigenvalue weighted by atomic mass is 9.90. The van der Waals surface area contributed by atoms with Crippen LogP contribution in [-0.2, 0) is 12.8 Å². The van der Waals surface area contributed by atoms with E-state index in [4.69, 9.17) is 0 Å². The van der Waals surface area contributed by atoms with Crippen LogP contribution in [-0.4, -0.2) is 37.0 Å². The van der Waals surface area contributed by atoms with Crippen LogP contribution >= 0.6 is 23.7 Å². The molecule has 2 heterocycles. The summed E-state index contributed by atoms with van der Waals surface area (Å²) in [7, 11) is 1.99. The Bertz CT molecular complexity index is 502. The third-order valence-corrected chi connectivity index (χ3v) is 5.88. The Kier molecular flexibility index (Phi) is 5.69. The van der Waals surface area contributed by atoms with E-state index in [2.05, 4.69) is 18.3 Å². The number of likely N-dealkylation sites (tertiary alicyclic amines) is 1. The largest absolute Gasteiger partial charge is 0.336 e. The Morgan fingerprint density at radius 1 is 1.43 bits per heavy atom. The van der Waals surface area contributed by atoms with E-state index in [9.17, 15) is 4.79 Å². The topological polar surface area (TPSA) is 32.3 Å². The van der Waals surface area contributed by atoms with Crippen molar-refractivity contribution in [2.45, 2.75) is 45.1 Å². The fourth-order valence-electron chi connectivity index (χ4n) is 3.36. The number of nitrogens with one attached hydrogen (secondary N) is 1. The second kappa shape index (κ2) is 7.12. The highest BCUT2D eigenvalue weighted by Gasteiger charge is 2.26. The van der Waals surface area contributed by atoms with Crippen LogP contribution in [0.1, 0.15) is 46.3 Å². The summed E-state index contributed by atoms with van der Waals surface area (Å²) >= 11 is 1.74. The van der Waals surface area contributed by atoms with Gasteiger partial charge < -0.3 is 10.2 Å². The fourth-order valence-corrected chi connectivity index (χ4v) is 4.54. The van der Waals surface area contributed by atoms with Crippen LogP contribution in [0.4, 0.5) is 0 Å². The van der Waals surface area contributed by atoms with Gasteiger partial charge in [0.2, 0.25) is 0 Å². The third-order valence-electron chi connectivity index (χ3n) is 4.66. The number of piperidine rings is 1. The molecule has 1 amide bonds. The van der Waals surface area contributed by atoms with Crippen molar-refractivity contribution in [3.05, 3.63) is 21.4 Å². The number of rotatable bonds is 2. The van der Waals surface area contributed by atoms with Crippen LogP contribution in [0, 0.1) is 5.92 Å². The summed E-state index contributed by atoms with van der Waals surface area (Å²) in [6.45, 7) is 4.08. The van der Waals surface area contributed by atoms with Gasteiger partial charge in [0.25, 0.3) is 5.91 Å². The molecule has 0 radical (unpaired) electrons. The molecule has 1 aromatic heterocycles. The van der Waals surface area contributed by atoms with Gasteiger partial charge in [-0.2, -0.15) is 0 Å². The predicted molar refractivity (Wildman–Crippen MR) is 90.7 cm³/mol. The van der Waals surface area contributed by atoms with Crippen molar-refractivity contribution in [2.24, 2.45) is 5.92 Å². The van der Waals surface area contributed by atoms with Gasteiger partial charge in [0.15, 0.2) is 0 Å². The van der Waals surface area contributed by atoms with Crippen molar-refractivity contribution in [1.82, 2.24) is 10.2 Å². The van der Waals surface area contributed by atoms with E-state index >= 15 is 0 Å². The maximum atomic E-state index is 12.7. The Balaban J connectivity index is 0.00000161. The van der Waals surface area contributed by atoms with E-state index in [1.165, 1.54) is 23.3 Å². The van der Waals surface area contributed by atoms with Crippen LogP contribution in [0.25, 0.3) is 0 Å². The SMILES string of the molecule is CNC1CCCN(C(=O)c2cc3c(s2)CCC(C)C3)C1.Cl. The number of nitrogens with zero attached hydrogens (tertiary/aromatic N) is 1. The molecule has 5 heteroatoms. The van der Waals surface area contributed by atoms with Crippen LogP contribution < -0.4 is 5.32 Å². The van der Waals surface area contributed by atoms with Gasteiger partial charge in [0.05, 0.1) is 4.88 Å². The van der Waals surface area contributed by atoms with Gasteiger partial charge in [-0.3, -0.25) is 4.79 Å². The number of likely N-dealkylation sites (N-methyl/N-ethyl adjacent to an activating group) is 1. The van der Waals surface area contributed by atoms with Gasteiger partial charge in [-0.05, 0) is 56.7 Å². The number of hydrogen-bond acceptors (Lipinski definition) is 3. The molecule has 1 N–H and O–H groups in total. The molecule has 3 rings (SSSR count). The Morgan fingerprint density at radius 2 is 2.24 bits per heavy atom. The number of halogens is 1. The van der Waals surface area contributed by atoms with Gasteiger partial charge in [0.1, 0.15) is 0 Å². The lowest BCUT2D eigenvalue weighted by Gasteiger charge is -2.32. The van der Waals surface area contributed by atoms with Crippen LogP contribution in [0.15, 0.2) is 6.07 Å². The molecule has 2 unspecified atom stereocenters. The molecule has 2 atom stereocenters. The quantitative estimate of drug-likeness (QED) is 0.904. The van der Waals surface area contributed by atoms with Crippen LogP contribution in [0.5, 0.6) is 0 Å². The molecule has 1 aromatic rings. The molecule has 1 fully saturated rings. The molecular formula is C16H25ClN2OS. The summed E-state index contributed by atoms with van der Waals surface area (Å²) in [6.07, 6.45) is 5.87. The average Bonchev–Trinajstić information content (AvgIpc) is 2.89. The lowest BCUT2D eigenvalue weighted by Crippen LogP contribution is -2.46. The highest BCUT2D eigenvalue weighted by molar-refractivity contribution is 7.14. The van der Waals surface area contributed by atoms with Crippen molar-refractivity contribution < 1.29 is 4.79 Å². The first-order valence-corrected chi connectivity index (χ1v) is 8.57. The van der Waals surface area contributed by atoms with Crippen molar-refractivity contribution in [1.29, 1.82) is 0 Å². The summed E-state index contributed by atoms with van der Waals surface area (Å²) in [5.74, 6) is 1.01. The zero-order chi connectivity index (χ0) is 14.1. The zero-order valence-corrected chi connectivity index (χ0v) is 14.5. The number of thiophene rings is 1. The summed E-state index contributed by atoms with van der Waals surface area (Å²) < 4.78 is 0. The first kappa shape index (κ1) is 16.8. The van der Waals surface area contributed by atoms with Crippen molar-refractivity contribution in [3.63, 3.8) is 0 Å². The van der Waals surface area contributed by atoms with E-state index in [0.717, 1.165) is 43.1 Å². The normalized spacial score (nSPS) is 25.1. The molecular weight excluding hydrogens is 304 g/mol. The first-order valence-electron chi connectivity index (χ1n) is 7.75. The number of aryl methyl sites for hydroxylation is 1. The Labute approximate surface area is 137 Å². The van der Waals surface area contributed by atoms with Crippen molar-refractivity contribution in [3.8, 4) is 0 Å². The summed E-state index contributed by atoms with van der Waals surface area (Å²) in [4.78, 5) is 17.1. The lowest BCUT2D eigenvalue weighted by molar-refractivity contribution is 0.0703. The number of hydrogen-bond donors (Lipinski definition) is 1. The monoisotopic (exact) mass is 328 g/mol. The average molecular weight is 329 g/mol. The first-order chi connectivity index (χ1) is 9.67. The minimum absolute atomic E-state index is 0. The Hall–Kier alpha value is -0.580. The molecule has 0 spiro atoms. The maximum Gasteiger partial charge on any atom is 0.263 e. The minimum atomic E-state index is 0. The van der Waals surface area contributed by atoms with E-state index in [1.807, 2.05) is 11.9 Å². The van der Waals surface area contributed by atoms with Gasteiger partial charge in [0, 0.05) is 24.0 Å². The minimum Gasteiger partial charge on any atom is -0.336 e. The third kappa shape index (κ3) is 3.61. The molecule has 0 saturated carbocycles. The predicted octanol–water partition coefficient (Wildman–Crippen LogP) is 3.12. The molecule has 1 saturated heterocycles. The van der Waals surface area contributed by atoms with Gasteiger partial charge in [-0.15, -0.1) is 23.7 Å². The van der Waals surface area contributed by atoms with Crippen LogP contribution in [0.2, 0.25) is 0 Å². The van der Waals surface area contributed by atoms with Crippen molar-refractivity contribution in [2.75, 3.05) is 20.1 Å². The highest BCUT2D eigenvalue weighted by atomic mass is 35.5. The zero-order valence-electron chi connectivity index (χ0n) is 12.9. The smallest absolute Gasteiger partial charge is 0.263 e. The number of carbonyl (C=O) groups excluding carboxylic acids is 1. The van der Waals surface area contributed by atoms with E-state index < -0.39 is 0 Å². The van der Waals surface area contributed by atoms with E-state index in [-0.39, 0.29) is 18.3 Å². The molecule has 0 bridgehead atoms. The molecule has 2 aliphatic rings. The maximum absolute atomic E-state index is 12.7. The summed E-state index contributed by atoms with van der Waals surface area (Å²) in [5.41, 5.74) is 1.43. The molecule has 3 nitrogen and oxygen atoms in total. The second-order valence-corrected chi connectivity index (χ2v) is 7.42. The van der Waals surface area contributed by atoms with Crippen molar-refractivity contribution >= 4 is 29.7 Å². The van der Waals surface area contributed by atoms with E-state index in [0.29, 0.717) is 6.04 Å². The van der Waals surface area contributed by atoms with Crippen LogP contribution in [0.3, 0.4) is 0 Å². The standard InChI is InChI=1S/C16H24N2OS.ClH/c1-11-5-6-14-12(8-11)9-15(20-14)16(19)18-7-3-4-13(10-18)17-2;/h9,11,13,17H,3-8,10H2,1-2H3;1H. The number of carbonyl (C=O) groups is 1. The molecule has 21 heavy (non-hydrogen) atoms. The fraction of sp³-hybridized carbons (Fsp3) is 0.688. The molecule has 1 aliphatic heterocycles. The van der Waals surface area contributed by atoms with E-state index in [1.54, 1.807) is 11.3 Å². The molecule has 1 aliphatic carbocycles. The van der Waals surface area contributed by atoms with Gasteiger partial charge >= 0.3 is 0 Å².